The van der Waals surface area contributed by atoms with Crippen LogP contribution in [0.3, 0.4) is 0 Å². The summed E-state index contributed by atoms with van der Waals surface area (Å²) in [6.45, 7) is 4.08. The van der Waals surface area contributed by atoms with Gasteiger partial charge in [0.2, 0.25) is 0 Å². The van der Waals surface area contributed by atoms with Crippen LogP contribution in [-0.4, -0.2) is 16.5 Å². The molecule has 3 nitrogen and oxygen atoms in total. The fourth-order valence-corrected chi connectivity index (χ4v) is 2.25. The van der Waals surface area contributed by atoms with Gasteiger partial charge in [0, 0.05) is 18.0 Å². The van der Waals surface area contributed by atoms with Crippen LogP contribution in [0, 0.1) is 18.6 Å². The first-order valence-electron chi connectivity index (χ1n) is 6.77. The summed E-state index contributed by atoms with van der Waals surface area (Å²) in [5, 5.41) is 0. The van der Waals surface area contributed by atoms with Crippen LogP contribution >= 0.6 is 0 Å². The van der Waals surface area contributed by atoms with E-state index in [-0.39, 0.29) is 17.0 Å². The minimum atomic E-state index is -0.459. The maximum atomic E-state index is 13.9. The number of H-pyrrole nitrogens is 1. The van der Waals surface area contributed by atoms with Crippen molar-refractivity contribution in [3.05, 3.63) is 41.4 Å². The Balaban J connectivity index is 2.35. The lowest BCUT2D eigenvalue weighted by Gasteiger charge is -2.10. The number of hydrogen-bond donors (Lipinski definition) is 2. The first-order valence-corrected chi connectivity index (χ1v) is 6.77. The Kier molecular flexibility index (Phi) is 4.49. The Morgan fingerprint density at radius 2 is 2.05 bits per heavy atom. The van der Waals surface area contributed by atoms with E-state index in [9.17, 15) is 8.78 Å². The first kappa shape index (κ1) is 14.7. The van der Waals surface area contributed by atoms with Crippen molar-refractivity contribution in [1.29, 1.82) is 0 Å². The number of hydrogen-bond acceptors (Lipinski definition) is 2. The monoisotopic (exact) mass is 279 g/mol. The van der Waals surface area contributed by atoms with Crippen molar-refractivity contribution >= 4 is 0 Å². The number of imidazole rings is 1. The van der Waals surface area contributed by atoms with Gasteiger partial charge in [-0.3, -0.25) is 0 Å². The number of aryl methyl sites for hydroxylation is 1. The van der Waals surface area contributed by atoms with Gasteiger partial charge in [0.1, 0.15) is 17.5 Å². The minimum Gasteiger partial charge on any atom is -0.342 e. The van der Waals surface area contributed by atoms with Gasteiger partial charge >= 0.3 is 0 Å². The van der Waals surface area contributed by atoms with Crippen LogP contribution in [0.15, 0.2) is 18.3 Å². The highest BCUT2D eigenvalue weighted by Gasteiger charge is 2.16. The summed E-state index contributed by atoms with van der Waals surface area (Å²) in [4.78, 5) is 7.31. The summed E-state index contributed by atoms with van der Waals surface area (Å²) in [5.74, 6) is -0.0442. The van der Waals surface area contributed by atoms with Gasteiger partial charge in [-0.05, 0) is 31.0 Å². The van der Waals surface area contributed by atoms with E-state index in [1.54, 1.807) is 0 Å². The molecule has 0 saturated carbocycles. The van der Waals surface area contributed by atoms with Crippen molar-refractivity contribution < 1.29 is 8.78 Å². The maximum absolute atomic E-state index is 13.9. The topological polar surface area (TPSA) is 54.7 Å². The standard InChI is InChI=1S/C15H19F2N3/c1-3-4-10(7-18)15-19-8-14(20-15)11-6-12(16)9(2)5-13(11)17/h5-6,8,10H,3-4,7,18H2,1-2H3,(H,19,20). The number of nitrogens with two attached hydrogens (primary N) is 1. The Labute approximate surface area is 117 Å². The van der Waals surface area contributed by atoms with E-state index in [1.165, 1.54) is 25.3 Å². The van der Waals surface area contributed by atoms with Crippen LogP contribution in [0.25, 0.3) is 11.3 Å². The van der Waals surface area contributed by atoms with Gasteiger partial charge < -0.3 is 10.7 Å². The van der Waals surface area contributed by atoms with Crippen molar-refractivity contribution in [2.24, 2.45) is 5.73 Å². The molecule has 0 aliphatic carbocycles. The van der Waals surface area contributed by atoms with Crippen LogP contribution in [0.5, 0.6) is 0 Å². The minimum absolute atomic E-state index is 0.118. The third kappa shape index (κ3) is 2.88. The number of nitrogens with zero attached hydrogens (tertiary/aromatic N) is 1. The third-order valence-corrected chi connectivity index (χ3v) is 3.44. The molecular formula is C15H19F2N3. The van der Waals surface area contributed by atoms with Crippen molar-refractivity contribution in [2.75, 3.05) is 6.54 Å². The molecule has 0 aliphatic rings. The molecule has 0 fully saturated rings. The van der Waals surface area contributed by atoms with Gasteiger partial charge in [-0.1, -0.05) is 13.3 Å². The normalized spacial score (nSPS) is 12.7. The average Bonchev–Trinajstić information content (AvgIpc) is 2.89. The second kappa shape index (κ2) is 6.13. The predicted octanol–water partition coefficient (Wildman–Crippen LogP) is 3.51. The Hall–Kier alpha value is -1.75. The highest BCUT2D eigenvalue weighted by molar-refractivity contribution is 5.60. The molecule has 1 atom stereocenters. The van der Waals surface area contributed by atoms with E-state index in [1.807, 2.05) is 0 Å². The molecule has 0 bridgehead atoms. The third-order valence-electron chi connectivity index (χ3n) is 3.44. The number of aromatic nitrogens is 2. The number of halogens is 2. The molecule has 0 spiro atoms. The van der Waals surface area contributed by atoms with Crippen LogP contribution in [0.2, 0.25) is 0 Å². The van der Waals surface area contributed by atoms with Crippen LogP contribution < -0.4 is 5.73 Å². The zero-order valence-electron chi connectivity index (χ0n) is 11.7. The Morgan fingerprint density at radius 3 is 2.70 bits per heavy atom. The summed E-state index contributed by atoms with van der Waals surface area (Å²) < 4.78 is 27.5. The molecule has 0 aliphatic heterocycles. The summed E-state index contributed by atoms with van der Waals surface area (Å²) >= 11 is 0. The fraction of sp³-hybridized carbons (Fsp3) is 0.400. The van der Waals surface area contributed by atoms with Crippen LogP contribution in [-0.2, 0) is 0 Å². The summed E-state index contributed by atoms with van der Waals surface area (Å²) in [6, 6.07) is 2.39. The smallest absolute Gasteiger partial charge is 0.133 e. The van der Waals surface area contributed by atoms with Crippen molar-refractivity contribution in [1.82, 2.24) is 9.97 Å². The Bertz CT molecular complexity index is 593. The second-order valence-electron chi connectivity index (χ2n) is 4.98. The van der Waals surface area contributed by atoms with E-state index in [0.717, 1.165) is 18.7 Å². The van der Waals surface area contributed by atoms with Gasteiger partial charge in [-0.25, -0.2) is 13.8 Å². The molecule has 1 heterocycles. The molecule has 5 heteroatoms. The summed E-state index contributed by atoms with van der Waals surface area (Å²) in [5.41, 5.74) is 6.68. The van der Waals surface area contributed by atoms with Crippen LogP contribution in [0.1, 0.15) is 37.1 Å². The fourth-order valence-electron chi connectivity index (χ4n) is 2.25. The molecule has 0 radical (unpaired) electrons. The van der Waals surface area contributed by atoms with E-state index in [4.69, 9.17) is 5.73 Å². The molecule has 0 saturated heterocycles. The quantitative estimate of drug-likeness (QED) is 0.880. The average molecular weight is 279 g/mol. The largest absolute Gasteiger partial charge is 0.342 e. The van der Waals surface area contributed by atoms with Gasteiger partial charge in [-0.15, -0.1) is 0 Å². The van der Waals surface area contributed by atoms with E-state index in [0.29, 0.717) is 12.2 Å². The molecule has 20 heavy (non-hydrogen) atoms. The number of rotatable bonds is 5. The maximum Gasteiger partial charge on any atom is 0.133 e. The van der Waals surface area contributed by atoms with E-state index in [2.05, 4.69) is 16.9 Å². The zero-order chi connectivity index (χ0) is 14.7. The first-order chi connectivity index (χ1) is 9.56. The number of nitrogens with one attached hydrogen (secondary N) is 1. The van der Waals surface area contributed by atoms with Crippen LogP contribution in [0.4, 0.5) is 8.78 Å². The van der Waals surface area contributed by atoms with Crippen molar-refractivity contribution in [2.45, 2.75) is 32.6 Å². The lowest BCUT2D eigenvalue weighted by molar-refractivity contribution is 0.591. The molecule has 2 aromatic rings. The van der Waals surface area contributed by atoms with E-state index >= 15 is 0 Å². The molecule has 0 amide bonds. The number of aromatic amines is 1. The molecule has 1 aromatic carbocycles. The van der Waals surface area contributed by atoms with Crippen molar-refractivity contribution in [3.63, 3.8) is 0 Å². The molecular weight excluding hydrogens is 260 g/mol. The second-order valence-corrected chi connectivity index (χ2v) is 4.98. The van der Waals surface area contributed by atoms with Gasteiger partial charge in [0.25, 0.3) is 0 Å². The highest BCUT2D eigenvalue weighted by atomic mass is 19.1. The van der Waals surface area contributed by atoms with Gasteiger partial charge in [-0.2, -0.15) is 0 Å². The predicted molar refractivity (Wildman–Crippen MR) is 75.4 cm³/mol. The lowest BCUT2D eigenvalue weighted by atomic mass is 10.0. The Morgan fingerprint density at radius 1 is 1.30 bits per heavy atom. The molecule has 2 rings (SSSR count). The van der Waals surface area contributed by atoms with E-state index < -0.39 is 11.6 Å². The van der Waals surface area contributed by atoms with Gasteiger partial charge in [0.05, 0.1) is 11.9 Å². The summed E-state index contributed by atoms with van der Waals surface area (Å²) in [6.07, 6.45) is 3.43. The molecule has 108 valence electrons. The van der Waals surface area contributed by atoms with Gasteiger partial charge in [0.15, 0.2) is 0 Å². The molecule has 1 aromatic heterocycles. The molecule has 3 N–H and O–H groups in total. The lowest BCUT2D eigenvalue weighted by Crippen LogP contribution is -2.13. The van der Waals surface area contributed by atoms with Crippen molar-refractivity contribution in [3.8, 4) is 11.3 Å². The SMILES string of the molecule is CCCC(CN)c1ncc(-c2cc(F)c(C)cc2F)[nH]1. The molecule has 1 unspecified atom stereocenters. The number of benzene rings is 1. The zero-order valence-corrected chi connectivity index (χ0v) is 11.7. The highest BCUT2D eigenvalue weighted by Crippen LogP contribution is 2.26. The summed E-state index contributed by atoms with van der Waals surface area (Å²) in [7, 11) is 0.